The highest BCUT2D eigenvalue weighted by molar-refractivity contribution is 5.95. The second kappa shape index (κ2) is 4.36. The molecule has 0 saturated carbocycles. The van der Waals surface area contributed by atoms with Crippen molar-refractivity contribution < 1.29 is 4.79 Å². The SMILES string of the molecule is O=C(Cc1ccncn1)c1cnccn1. The topological polar surface area (TPSA) is 68.6 Å². The van der Waals surface area contributed by atoms with Crippen LogP contribution in [0.15, 0.2) is 37.2 Å². The molecule has 0 N–H and O–H groups in total. The third-order valence-electron chi connectivity index (χ3n) is 1.83. The molecular formula is C10H8N4O. The van der Waals surface area contributed by atoms with E-state index >= 15 is 0 Å². The van der Waals surface area contributed by atoms with Crippen LogP contribution in [-0.4, -0.2) is 25.7 Å². The van der Waals surface area contributed by atoms with Gasteiger partial charge in [-0.2, -0.15) is 0 Å². The minimum absolute atomic E-state index is 0.0956. The molecule has 2 aromatic heterocycles. The van der Waals surface area contributed by atoms with Gasteiger partial charge in [0.1, 0.15) is 12.0 Å². The fourth-order valence-electron chi connectivity index (χ4n) is 1.12. The van der Waals surface area contributed by atoms with Gasteiger partial charge in [-0.25, -0.2) is 15.0 Å². The highest BCUT2D eigenvalue weighted by Crippen LogP contribution is 2.00. The highest BCUT2D eigenvalue weighted by atomic mass is 16.1. The number of hydrogen-bond donors (Lipinski definition) is 0. The average molecular weight is 200 g/mol. The molecule has 2 aromatic rings. The molecule has 15 heavy (non-hydrogen) atoms. The van der Waals surface area contributed by atoms with Gasteiger partial charge in [-0.1, -0.05) is 0 Å². The van der Waals surface area contributed by atoms with Crippen LogP contribution in [0, 0.1) is 0 Å². The van der Waals surface area contributed by atoms with Gasteiger partial charge in [-0.05, 0) is 6.07 Å². The molecule has 0 fully saturated rings. The maximum atomic E-state index is 11.7. The first-order valence-electron chi connectivity index (χ1n) is 4.40. The number of Topliss-reactive ketones (excluding diaryl/α,β-unsaturated/α-hetero) is 1. The second-order valence-electron chi connectivity index (χ2n) is 2.89. The molecule has 0 bridgehead atoms. The Morgan fingerprint density at radius 2 is 2.07 bits per heavy atom. The van der Waals surface area contributed by atoms with Crippen molar-refractivity contribution in [3.63, 3.8) is 0 Å². The molecule has 0 aliphatic rings. The third kappa shape index (κ3) is 2.40. The number of rotatable bonds is 3. The lowest BCUT2D eigenvalue weighted by Gasteiger charge is -1.98. The standard InChI is InChI=1S/C10H8N4O/c15-10(9-6-11-3-4-13-9)5-8-1-2-12-7-14-8/h1-4,6-7H,5H2. The van der Waals surface area contributed by atoms with E-state index in [9.17, 15) is 4.79 Å². The van der Waals surface area contributed by atoms with Crippen LogP contribution >= 0.6 is 0 Å². The van der Waals surface area contributed by atoms with E-state index < -0.39 is 0 Å². The van der Waals surface area contributed by atoms with E-state index in [-0.39, 0.29) is 12.2 Å². The van der Waals surface area contributed by atoms with Crippen LogP contribution in [0.4, 0.5) is 0 Å². The van der Waals surface area contributed by atoms with E-state index in [1.807, 2.05) is 0 Å². The number of carbonyl (C=O) groups excluding carboxylic acids is 1. The number of ketones is 1. The van der Waals surface area contributed by atoms with Crippen LogP contribution in [0.3, 0.4) is 0 Å². The molecule has 0 atom stereocenters. The molecule has 74 valence electrons. The van der Waals surface area contributed by atoms with Crippen molar-refractivity contribution in [2.45, 2.75) is 6.42 Å². The van der Waals surface area contributed by atoms with Crippen LogP contribution in [0.1, 0.15) is 16.2 Å². The first-order chi connectivity index (χ1) is 7.36. The second-order valence-corrected chi connectivity index (χ2v) is 2.89. The van der Waals surface area contributed by atoms with E-state index in [2.05, 4.69) is 19.9 Å². The van der Waals surface area contributed by atoms with E-state index in [0.29, 0.717) is 11.4 Å². The maximum Gasteiger partial charge on any atom is 0.188 e. The minimum atomic E-state index is -0.0956. The van der Waals surface area contributed by atoms with Crippen molar-refractivity contribution in [1.29, 1.82) is 0 Å². The monoisotopic (exact) mass is 200 g/mol. The summed E-state index contributed by atoms with van der Waals surface area (Å²) in [7, 11) is 0. The predicted molar refractivity (Wildman–Crippen MR) is 52.1 cm³/mol. The Hall–Kier alpha value is -2.17. The van der Waals surface area contributed by atoms with Crippen molar-refractivity contribution in [2.24, 2.45) is 0 Å². The van der Waals surface area contributed by atoms with Crippen LogP contribution in [-0.2, 0) is 6.42 Å². The molecule has 0 saturated heterocycles. The normalized spacial score (nSPS) is 9.87. The van der Waals surface area contributed by atoms with E-state index in [4.69, 9.17) is 0 Å². The molecule has 2 rings (SSSR count). The summed E-state index contributed by atoms with van der Waals surface area (Å²) in [5, 5.41) is 0. The largest absolute Gasteiger partial charge is 0.292 e. The summed E-state index contributed by atoms with van der Waals surface area (Å²) in [5.41, 5.74) is 1.04. The van der Waals surface area contributed by atoms with E-state index in [1.165, 1.54) is 24.9 Å². The van der Waals surface area contributed by atoms with Crippen LogP contribution in [0.25, 0.3) is 0 Å². The molecule has 5 heteroatoms. The summed E-state index contributed by atoms with van der Waals surface area (Å²) in [4.78, 5) is 27.1. The average Bonchev–Trinajstić information content (AvgIpc) is 2.31. The lowest BCUT2D eigenvalue weighted by molar-refractivity contribution is 0.0987. The van der Waals surface area contributed by atoms with Gasteiger partial charge in [0.15, 0.2) is 5.78 Å². The summed E-state index contributed by atoms with van der Waals surface area (Å²) in [5.74, 6) is -0.0956. The zero-order chi connectivity index (χ0) is 10.5. The predicted octanol–water partition coefficient (Wildman–Crippen LogP) is 0.692. The van der Waals surface area contributed by atoms with Gasteiger partial charge in [0, 0.05) is 18.6 Å². The first kappa shape index (κ1) is 9.39. The van der Waals surface area contributed by atoms with Gasteiger partial charge in [0.05, 0.1) is 18.3 Å². The molecule has 0 spiro atoms. The Labute approximate surface area is 86.3 Å². The van der Waals surface area contributed by atoms with Gasteiger partial charge >= 0.3 is 0 Å². The summed E-state index contributed by atoms with van der Waals surface area (Å²) < 4.78 is 0. The van der Waals surface area contributed by atoms with Crippen LogP contribution in [0.2, 0.25) is 0 Å². The fourth-order valence-corrected chi connectivity index (χ4v) is 1.12. The molecule has 0 aliphatic heterocycles. The number of nitrogens with zero attached hydrogens (tertiary/aromatic N) is 4. The first-order valence-corrected chi connectivity index (χ1v) is 4.40. The molecule has 2 heterocycles. The van der Waals surface area contributed by atoms with Crippen molar-refractivity contribution >= 4 is 5.78 Å². The molecule has 0 aromatic carbocycles. The zero-order valence-electron chi connectivity index (χ0n) is 7.87. The summed E-state index contributed by atoms with van der Waals surface area (Å²) in [6, 6.07) is 1.70. The smallest absolute Gasteiger partial charge is 0.188 e. The Balaban J connectivity index is 2.12. The summed E-state index contributed by atoms with van der Waals surface area (Å²) in [6.07, 6.45) is 7.71. The summed E-state index contributed by atoms with van der Waals surface area (Å²) >= 11 is 0. The van der Waals surface area contributed by atoms with Crippen LogP contribution in [0.5, 0.6) is 0 Å². The molecule has 5 nitrogen and oxygen atoms in total. The molecule has 0 aliphatic carbocycles. The zero-order valence-corrected chi connectivity index (χ0v) is 7.87. The fraction of sp³-hybridized carbons (Fsp3) is 0.100. The summed E-state index contributed by atoms with van der Waals surface area (Å²) in [6.45, 7) is 0. The van der Waals surface area contributed by atoms with Gasteiger partial charge in [0.2, 0.25) is 0 Å². The minimum Gasteiger partial charge on any atom is -0.292 e. The lowest BCUT2D eigenvalue weighted by atomic mass is 10.2. The van der Waals surface area contributed by atoms with Crippen molar-refractivity contribution in [2.75, 3.05) is 0 Å². The molecular weight excluding hydrogens is 192 g/mol. The highest BCUT2D eigenvalue weighted by Gasteiger charge is 2.08. The van der Waals surface area contributed by atoms with Gasteiger partial charge in [0.25, 0.3) is 0 Å². The van der Waals surface area contributed by atoms with Gasteiger partial charge in [-0.15, -0.1) is 0 Å². The molecule has 0 unspecified atom stereocenters. The molecule has 0 radical (unpaired) electrons. The van der Waals surface area contributed by atoms with Gasteiger partial charge in [-0.3, -0.25) is 9.78 Å². The maximum absolute atomic E-state index is 11.7. The molecule has 0 amide bonds. The quantitative estimate of drug-likeness (QED) is 0.682. The van der Waals surface area contributed by atoms with Crippen molar-refractivity contribution in [3.05, 3.63) is 48.6 Å². The Morgan fingerprint density at radius 1 is 1.13 bits per heavy atom. The van der Waals surface area contributed by atoms with E-state index in [0.717, 1.165) is 0 Å². The Bertz CT molecular complexity index is 443. The lowest BCUT2D eigenvalue weighted by Crippen LogP contribution is -2.07. The number of carbonyl (C=O) groups is 1. The van der Waals surface area contributed by atoms with Crippen molar-refractivity contribution in [1.82, 2.24) is 19.9 Å². The third-order valence-corrected chi connectivity index (χ3v) is 1.83. The van der Waals surface area contributed by atoms with Crippen LogP contribution < -0.4 is 0 Å². The van der Waals surface area contributed by atoms with E-state index in [1.54, 1.807) is 12.3 Å². The number of hydrogen-bond acceptors (Lipinski definition) is 5. The number of aromatic nitrogens is 4. The van der Waals surface area contributed by atoms with Crippen molar-refractivity contribution in [3.8, 4) is 0 Å². The van der Waals surface area contributed by atoms with Gasteiger partial charge < -0.3 is 0 Å². The Morgan fingerprint density at radius 3 is 2.73 bits per heavy atom. The Kier molecular flexibility index (Phi) is 2.73.